The molecule has 3 heterocycles. The molecule has 9 nitrogen and oxygen atoms in total. The Morgan fingerprint density at radius 1 is 1.12 bits per heavy atom. The van der Waals surface area contributed by atoms with E-state index < -0.39 is 16.8 Å². The van der Waals surface area contributed by atoms with Crippen LogP contribution in [0.15, 0.2) is 97.7 Å². The van der Waals surface area contributed by atoms with E-state index >= 15 is 0 Å². The molecule has 0 spiro atoms. The largest absolute Gasteiger partial charge is 0.497 e. The molecule has 0 bridgehead atoms. The van der Waals surface area contributed by atoms with Crippen molar-refractivity contribution in [2.24, 2.45) is 0 Å². The number of hydrogen-bond donors (Lipinski definition) is 0. The molecule has 2 unspecified atom stereocenters. The molecule has 0 amide bonds. The highest BCUT2D eigenvalue weighted by Gasteiger charge is 2.25. The highest BCUT2D eigenvalue weighted by atomic mass is 79.9. The minimum atomic E-state index is -1.69. The fourth-order valence-corrected chi connectivity index (χ4v) is 6.64. The minimum Gasteiger partial charge on any atom is -0.497 e. The molecule has 0 N–H and O–H groups in total. The highest BCUT2D eigenvalue weighted by molar-refractivity contribution is 9.10. The number of likely N-dealkylation sites (N-methyl/N-ethyl adjacent to an activating group) is 1. The lowest BCUT2D eigenvalue weighted by Crippen LogP contribution is -2.26. The number of pyridine rings is 1. The summed E-state index contributed by atoms with van der Waals surface area (Å²) in [6.45, 7) is 1.91. The first-order valence-electron chi connectivity index (χ1n) is 13.5. The Kier molecular flexibility index (Phi) is 8.33. The number of halogens is 2. The molecule has 43 heavy (non-hydrogen) atoms. The monoisotopic (exact) mass is 666 g/mol. The summed E-state index contributed by atoms with van der Waals surface area (Å²) in [4.78, 5) is 15.9. The third-order valence-corrected chi connectivity index (χ3v) is 9.30. The first-order chi connectivity index (χ1) is 20.8. The van der Waals surface area contributed by atoms with Crippen LogP contribution in [-0.4, -0.2) is 52.2 Å². The molecule has 0 saturated carbocycles. The Morgan fingerprint density at radius 3 is 2.63 bits per heavy atom. The molecule has 222 valence electrons. The van der Waals surface area contributed by atoms with Crippen molar-refractivity contribution in [3.05, 3.63) is 105 Å². The van der Waals surface area contributed by atoms with Crippen LogP contribution >= 0.6 is 15.9 Å². The van der Waals surface area contributed by atoms with E-state index in [0.717, 1.165) is 25.1 Å². The maximum absolute atomic E-state index is 14.9. The number of aromatic nitrogens is 2. The van der Waals surface area contributed by atoms with Gasteiger partial charge in [0.15, 0.2) is 16.8 Å². The molecule has 2 aromatic heterocycles. The predicted octanol–water partition coefficient (Wildman–Crippen LogP) is 5.70. The van der Waals surface area contributed by atoms with Gasteiger partial charge in [0.2, 0.25) is 0 Å². The van der Waals surface area contributed by atoms with E-state index in [-0.39, 0.29) is 22.7 Å². The second-order valence-electron chi connectivity index (χ2n) is 10.2. The number of nitrogens with zero attached hydrogens (tertiary/aromatic N) is 4. The standard InChI is InChI=1S/C31H28BrFN4O5S/c1-35-13-11-23(19-35)42-29-16-25(32)26(33)17-28(29)37-27-9-8-24(15-21(27)5-10-31(37)38)43(39)36(30-12-14-41-34-30)18-20-3-6-22(40-2)7-4-20/h3-10,12,14-17,23H,11,13,18-19H2,1-2H3. The number of benzene rings is 3. The Hall–Kier alpha value is -4.00. The molecule has 0 radical (unpaired) electrons. The van der Waals surface area contributed by atoms with Crippen molar-refractivity contribution in [2.45, 2.75) is 24.0 Å². The van der Waals surface area contributed by atoms with Gasteiger partial charge in [-0.25, -0.2) is 8.60 Å². The van der Waals surface area contributed by atoms with E-state index in [0.29, 0.717) is 38.8 Å². The van der Waals surface area contributed by atoms with Crippen LogP contribution in [0.4, 0.5) is 10.2 Å². The summed E-state index contributed by atoms with van der Waals surface area (Å²) in [5.41, 5.74) is 1.36. The summed E-state index contributed by atoms with van der Waals surface area (Å²) >= 11 is 3.26. The summed E-state index contributed by atoms with van der Waals surface area (Å²) in [7, 11) is 1.92. The number of methoxy groups -OCH3 is 1. The summed E-state index contributed by atoms with van der Waals surface area (Å²) in [6, 6.07) is 20.2. The lowest BCUT2D eigenvalue weighted by Gasteiger charge is -2.22. The summed E-state index contributed by atoms with van der Waals surface area (Å²) in [6.07, 6.45) is 2.16. The number of fused-ring (bicyclic) bond motifs is 1. The molecule has 1 saturated heterocycles. The van der Waals surface area contributed by atoms with Gasteiger partial charge < -0.3 is 18.9 Å². The van der Waals surface area contributed by atoms with Crippen LogP contribution in [0.5, 0.6) is 11.5 Å². The summed E-state index contributed by atoms with van der Waals surface area (Å²) in [5, 5.41) is 4.67. The molecule has 12 heteroatoms. The van der Waals surface area contributed by atoms with Crippen LogP contribution in [0.1, 0.15) is 12.0 Å². The van der Waals surface area contributed by atoms with Crippen LogP contribution in [0.3, 0.4) is 0 Å². The van der Waals surface area contributed by atoms with Gasteiger partial charge in [-0.1, -0.05) is 17.3 Å². The van der Waals surface area contributed by atoms with Gasteiger partial charge in [-0.05, 0) is 77.4 Å². The minimum absolute atomic E-state index is 0.0889. The third kappa shape index (κ3) is 6.08. The van der Waals surface area contributed by atoms with Crippen molar-refractivity contribution in [3.8, 4) is 17.2 Å². The molecule has 1 aliphatic rings. The second kappa shape index (κ2) is 12.3. The molecule has 1 aliphatic heterocycles. The molecule has 3 aromatic carbocycles. The van der Waals surface area contributed by atoms with Crippen molar-refractivity contribution in [3.63, 3.8) is 0 Å². The second-order valence-corrected chi connectivity index (χ2v) is 12.5. The van der Waals surface area contributed by atoms with Crippen molar-refractivity contribution >= 4 is 43.6 Å². The average Bonchev–Trinajstić information content (AvgIpc) is 3.69. The number of ether oxygens (including phenoxy) is 2. The number of hydrogen-bond acceptors (Lipinski definition) is 7. The van der Waals surface area contributed by atoms with Gasteiger partial charge in [-0.15, -0.1) is 0 Å². The van der Waals surface area contributed by atoms with Gasteiger partial charge in [-0.3, -0.25) is 13.7 Å². The average molecular weight is 668 g/mol. The number of anilines is 1. The van der Waals surface area contributed by atoms with Crippen molar-refractivity contribution < 1.29 is 22.6 Å². The Labute approximate surface area is 258 Å². The van der Waals surface area contributed by atoms with Crippen LogP contribution in [-0.2, 0) is 17.5 Å². The lowest BCUT2D eigenvalue weighted by atomic mass is 10.2. The normalized spacial score (nSPS) is 16.0. The van der Waals surface area contributed by atoms with Gasteiger partial charge in [0.1, 0.15) is 29.7 Å². The van der Waals surface area contributed by atoms with E-state index in [1.165, 1.54) is 23.0 Å². The Balaban J connectivity index is 1.39. The molecule has 6 rings (SSSR count). The summed E-state index contributed by atoms with van der Waals surface area (Å²) in [5.74, 6) is 0.999. The first kappa shape index (κ1) is 29.1. The van der Waals surface area contributed by atoms with E-state index in [1.807, 2.05) is 31.3 Å². The van der Waals surface area contributed by atoms with Crippen molar-refractivity contribution in [1.29, 1.82) is 0 Å². The van der Waals surface area contributed by atoms with E-state index in [2.05, 4.69) is 26.0 Å². The first-order valence-corrected chi connectivity index (χ1v) is 15.4. The van der Waals surface area contributed by atoms with Gasteiger partial charge in [-0.2, -0.15) is 0 Å². The van der Waals surface area contributed by atoms with Gasteiger partial charge in [0.05, 0.1) is 34.2 Å². The van der Waals surface area contributed by atoms with E-state index in [4.69, 9.17) is 14.0 Å². The van der Waals surface area contributed by atoms with Crippen molar-refractivity contribution in [2.75, 3.05) is 31.6 Å². The highest BCUT2D eigenvalue weighted by Crippen LogP contribution is 2.33. The molecular weight excluding hydrogens is 639 g/mol. The van der Waals surface area contributed by atoms with Crippen LogP contribution in [0, 0.1) is 5.82 Å². The lowest BCUT2D eigenvalue weighted by molar-refractivity contribution is 0.207. The van der Waals surface area contributed by atoms with Gasteiger partial charge >= 0.3 is 0 Å². The van der Waals surface area contributed by atoms with E-state index in [9.17, 15) is 13.4 Å². The zero-order valence-electron chi connectivity index (χ0n) is 23.4. The zero-order chi connectivity index (χ0) is 30.1. The fourth-order valence-electron chi connectivity index (χ4n) is 5.12. The molecule has 0 aliphatic carbocycles. The Bertz CT molecular complexity index is 1850. The zero-order valence-corrected chi connectivity index (χ0v) is 25.8. The van der Waals surface area contributed by atoms with Crippen LogP contribution in [0.25, 0.3) is 16.6 Å². The van der Waals surface area contributed by atoms with Crippen molar-refractivity contribution in [1.82, 2.24) is 14.6 Å². The van der Waals surface area contributed by atoms with Gasteiger partial charge in [0.25, 0.3) is 5.56 Å². The number of likely N-dealkylation sites (tertiary alicyclic amines) is 1. The SMILES string of the molecule is COc1ccc(CN(c2ccon2)S(=O)c2ccc3c(ccc(=O)n3-c3cc(F)c(Br)cc3OC3CCN(C)C3)c2)cc1. The maximum Gasteiger partial charge on any atom is 0.255 e. The smallest absolute Gasteiger partial charge is 0.255 e. The topological polar surface area (TPSA) is 90.0 Å². The molecule has 1 fully saturated rings. The fraction of sp³-hybridized carbons (Fsp3) is 0.226. The molecular formula is C31H28BrFN4O5S. The van der Waals surface area contributed by atoms with Crippen LogP contribution < -0.4 is 19.3 Å². The maximum atomic E-state index is 14.9. The quantitative estimate of drug-likeness (QED) is 0.199. The van der Waals surface area contributed by atoms with Crippen LogP contribution in [0.2, 0.25) is 0 Å². The van der Waals surface area contributed by atoms with Gasteiger partial charge in [0, 0.05) is 36.7 Å². The van der Waals surface area contributed by atoms with E-state index in [1.54, 1.807) is 47.8 Å². The molecule has 2 atom stereocenters. The predicted molar refractivity (Wildman–Crippen MR) is 166 cm³/mol. The third-order valence-electron chi connectivity index (χ3n) is 7.32. The summed E-state index contributed by atoms with van der Waals surface area (Å²) < 4.78 is 48.8. The Morgan fingerprint density at radius 2 is 1.93 bits per heavy atom. The molecule has 5 aromatic rings. The number of rotatable bonds is 9.